The number of hydrogen-bond acceptors (Lipinski definition) is 8. The third kappa shape index (κ3) is 8.11. The summed E-state index contributed by atoms with van der Waals surface area (Å²) in [5, 5.41) is 3.51. The molecule has 0 saturated carbocycles. The molecule has 42 heavy (non-hydrogen) atoms. The number of ether oxygens (including phenoxy) is 2. The van der Waals surface area contributed by atoms with Crippen LogP contribution in [0.15, 0.2) is 66.0 Å². The Kier molecular flexibility index (Phi) is 10.3. The Labute approximate surface area is 254 Å². The predicted molar refractivity (Wildman–Crippen MR) is 171 cm³/mol. The van der Waals surface area contributed by atoms with Crippen molar-refractivity contribution in [2.24, 2.45) is 0 Å². The molecule has 1 N–H and O–H groups in total. The Morgan fingerprint density at radius 2 is 1.88 bits per heavy atom. The first kappa shape index (κ1) is 31.5. The lowest BCUT2D eigenvalue weighted by Crippen LogP contribution is -2.37. The molecule has 0 saturated heterocycles. The van der Waals surface area contributed by atoms with Crippen LogP contribution < -0.4 is 15.1 Å². The quantitative estimate of drug-likeness (QED) is 0.166. The number of anilines is 2. The maximum absolute atomic E-state index is 13.6. The first-order valence-electron chi connectivity index (χ1n) is 14.1. The largest absolute Gasteiger partial charge is 0.446 e. The van der Waals surface area contributed by atoms with Gasteiger partial charge in [-0.1, -0.05) is 73.9 Å². The number of nitrogens with one attached hydrogen (secondary N) is 1. The van der Waals surface area contributed by atoms with Crippen molar-refractivity contribution in [2.75, 3.05) is 49.3 Å². The van der Waals surface area contributed by atoms with Crippen LogP contribution in [0.3, 0.4) is 0 Å². The lowest BCUT2D eigenvalue weighted by atomic mass is 9.96. The van der Waals surface area contributed by atoms with Crippen LogP contribution in [0.4, 0.5) is 16.3 Å². The molecule has 0 bridgehead atoms. The van der Waals surface area contributed by atoms with Crippen molar-refractivity contribution in [3.8, 4) is 0 Å². The summed E-state index contributed by atoms with van der Waals surface area (Å²) < 4.78 is 12.1. The number of benzene rings is 2. The number of thioether (sulfide) groups is 1. The van der Waals surface area contributed by atoms with Crippen LogP contribution in [0.25, 0.3) is 0 Å². The van der Waals surface area contributed by atoms with Crippen molar-refractivity contribution in [2.45, 2.75) is 50.0 Å². The van der Waals surface area contributed by atoms with E-state index in [4.69, 9.17) is 9.47 Å². The molecular weight excluding hydrogens is 567 g/mol. The number of alkyl carbamates (subject to hydrolysis) is 1. The summed E-state index contributed by atoms with van der Waals surface area (Å²) in [6.45, 7) is 10.8. The van der Waals surface area contributed by atoms with E-state index in [1.54, 1.807) is 11.1 Å². The first-order chi connectivity index (χ1) is 20.0. The maximum atomic E-state index is 13.6. The average Bonchev–Trinajstić information content (AvgIpc) is 3.10. The number of hydrogen-bond donors (Lipinski definition) is 1. The fourth-order valence-electron chi connectivity index (χ4n) is 4.60. The summed E-state index contributed by atoms with van der Waals surface area (Å²) in [5.41, 5.74) is 2.18. The molecule has 0 radical (unpaired) electrons. The molecule has 1 unspecified atom stereocenters. The van der Waals surface area contributed by atoms with Crippen LogP contribution in [0.2, 0.25) is 25.7 Å². The molecule has 0 fully saturated rings. The molecular formula is C31H41N5O4SSi. The summed E-state index contributed by atoms with van der Waals surface area (Å²) in [5.74, 6) is 0.507. The van der Waals surface area contributed by atoms with Gasteiger partial charge in [0.2, 0.25) is 0 Å². The van der Waals surface area contributed by atoms with Crippen molar-refractivity contribution >= 4 is 43.3 Å². The van der Waals surface area contributed by atoms with Gasteiger partial charge in [0, 0.05) is 46.6 Å². The van der Waals surface area contributed by atoms with Gasteiger partial charge in [-0.15, -0.1) is 0 Å². The summed E-state index contributed by atoms with van der Waals surface area (Å²) in [6, 6.07) is 18.5. The monoisotopic (exact) mass is 607 g/mol. The van der Waals surface area contributed by atoms with Gasteiger partial charge in [0.05, 0.1) is 6.61 Å². The Morgan fingerprint density at radius 3 is 2.60 bits per heavy atom. The van der Waals surface area contributed by atoms with Crippen molar-refractivity contribution in [3.63, 3.8) is 0 Å². The number of amides is 2. The molecule has 11 heteroatoms. The van der Waals surface area contributed by atoms with E-state index in [2.05, 4.69) is 34.9 Å². The van der Waals surface area contributed by atoms with Crippen LogP contribution in [-0.4, -0.2) is 69.6 Å². The number of aromatic nitrogens is 2. The lowest BCUT2D eigenvalue weighted by molar-refractivity contribution is -0.0843. The van der Waals surface area contributed by atoms with E-state index in [0.717, 1.165) is 22.9 Å². The molecule has 1 aliphatic rings. The summed E-state index contributed by atoms with van der Waals surface area (Å²) in [6.07, 6.45) is 3.09. The molecule has 1 aromatic heterocycles. The fourth-order valence-corrected chi connectivity index (χ4v) is 5.81. The summed E-state index contributed by atoms with van der Waals surface area (Å²) >= 11 is 1.45. The fraction of sp³-hybridized carbons (Fsp3) is 0.419. The predicted octanol–water partition coefficient (Wildman–Crippen LogP) is 5.79. The summed E-state index contributed by atoms with van der Waals surface area (Å²) in [4.78, 5) is 38.8. The number of nitrogens with zero attached hydrogens (tertiary/aromatic N) is 4. The normalized spacial score (nSPS) is 15.0. The average molecular weight is 608 g/mol. The molecule has 1 atom stereocenters. The van der Waals surface area contributed by atoms with Gasteiger partial charge in [0.1, 0.15) is 23.6 Å². The third-order valence-corrected chi connectivity index (χ3v) is 9.52. The minimum absolute atomic E-state index is 0.0568. The van der Waals surface area contributed by atoms with E-state index in [0.29, 0.717) is 36.2 Å². The minimum Gasteiger partial charge on any atom is -0.446 e. The summed E-state index contributed by atoms with van der Waals surface area (Å²) in [7, 11) is 0.676. The first-order valence-corrected chi connectivity index (χ1v) is 19.1. The molecule has 4 rings (SSSR count). The number of rotatable bonds is 11. The van der Waals surface area contributed by atoms with E-state index in [1.807, 2.05) is 79.7 Å². The second-order valence-corrected chi connectivity index (χ2v) is 18.2. The Balaban J connectivity index is 1.48. The second kappa shape index (κ2) is 13.7. The highest BCUT2D eigenvalue weighted by molar-refractivity contribution is 7.98. The highest BCUT2D eigenvalue weighted by atomic mass is 32.2. The van der Waals surface area contributed by atoms with Gasteiger partial charge in [-0.25, -0.2) is 14.8 Å². The number of carbonyl (C=O) groups excluding carboxylic acids is 2. The molecule has 2 aromatic carbocycles. The van der Waals surface area contributed by atoms with Crippen molar-refractivity contribution in [3.05, 3.63) is 77.5 Å². The smallest absolute Gasteiger partial charge is 0.407 e. The molecule has 2 heterocycles. The number of fused-ring (bicyclic) bond motifs is 1. The van der Waals surface area contributed by atoms with E-state index in [1.165, 1.54) is 11.8 Å². The second-order valence-electron chi connectivity index (χ2n) is 11.8. The van der Waals surface area contributed by atoms with Gasteiger partial charge in [0.15, 0.2) is 5.16 Å². The Bertz CT molecular complexity index is 1390. The molecule has 224 valence electrons. The van der Waals surface area contributed by atoms with Crippen LogP contribution in [-0.2, 0) is 21.7 Å². The highest BCUT2D eigenvalue weighted by Gasteiger charge is 2.31. The van der Waals surface area contributed by atoms with Gasteiger partial charge in [-0.05, 0) is 42.5 Å². The standard InChI is InChI=1S/C31H41N5O4SSi/c1-31(24-12-8-7-9-13-24,22-39-30(38)32-15-18-42(4,5)6)40-21-23-11-10-14-25(19-23)36-17-16-35(2)27-26(28(36)37)20-33-29(34-27)41-3/h7-14,19-20H,15-18,21-22H2,1-6H3,(H,32,38). The van der Waals surface area contributed by atoms with Gasteiger partial charge < -0.3 is 24.6 Å². The van der Waals surface area contributed by atoms with Gasteiger partial charge in [0.25, 0.3) is 5.91 Å². The van der Waals surface area contributed by atoms with Crippen molar-refractivity contribution in [1.29, 1.82) is 0 Å². The lowest BCUT2D eigenvalue weighted by Gasteiger charge is -2.30. The molecule has 3 aromatic rings. The van der Waals surface area contributed by atoms with Crippen molar-refractivity contribution < 1.29 is 19.1 Å². The minimum atomic E-state index is -1.26. The van der Waals surface area contributed by atoms with Crippen molar-refractivity contribution in [1.82, 2.24) is 15.3 Å². The number of likely N-dealkylation sites (N-methyl/N-ethyl adjacent to an activating group) is 1. The van der Waals surface area contributed by atoms with Crippen LogP contribution in [0.5, 0.6) is 0 Å². The zero-order chi connectivity index (χ0) is 30.3. The molecule has 9 nitrogen and oxygen atoms in total. The topological polar surface area (TPSA) is 96.9 Å². The SMILES string of the molecule is CSc1ncc2c(n1)N(C)CCN(c1cccc(COC(C)(COC(=O)NCC[Si](C)(C)C)c3ccccc3)c1)C2=O. The van der Waals surface area contributed by atoms with Crippen LogP contribution in [0.1, 0.15) is 28.4 Å². The van der Waals surface area contributed by atoms with E-state index >= 15 is 0 Å². The van der Waals surface area contributed by atoms with Gasteiger partial charge >= 0.3 is 6.09 Å². The van der Waals surface area contributed by atoms with E-state index in [-0.39, 0.29) is 19.1 Å². The van der Waals surface area contributed by atoms with E-state index in [9.17, 15) is 9.59 Å². The molecule has 1 aliphatic heterocycles. The zero-order valence-corrected chi connectivity index (χ0v) is 27.2. The van der Waals surface area contributed by atoms with Gasteiger partial charge in [-0.3, -0.25) is 4.79 Å². The zero-order valence-electron chi connectivity index (χ0n) is 25.3. The Morgan fingerprint density at radius 1 is 1.12 bits per heavy atom. The molecule has 0 spiro atoms. The van der Waals surface area contributed by atoms with E-state index < -0.39 is 19.8 Å². The van der Waals surface area contributed by atoms with Gasteiger partial charge in [-0.2, -0.15) is 0 Å². The highest BCUT2D eigenvalue weighted by Crippen LogP contribution is 2.30. The number of carbonyl (C=O) groups is 2. The third-order valence-electron chi connectivity index (χ3n) is 7.21. The Hall–Kier alpha value is -3.41. The van der Waals surface area contributed by atoms with Crippen LogP contribution >= 0.6 is 11.8 Å². The molecule has 0 aliphatic carbocycles. The maximum Gasteiger partial charge on any atom is 0.407 e. The molecule has 2 amide bonds. The van der Waals surface area contributed by atoms with Crippen LogP contribution in [0, 0.1) is 0 Å².